The first-order chi connectivity index (χ1) is 16.2. The van der Waals surface area contributed by atoms with Crippen molar-refractivity contribution in [3.8, 4) is 0 Å². The van der Waals surface area contributed by atoms with Gasteiger partial charge in [0.2, 0.25) is 0 Å². The lowest BCUT2D eigenvalue weighted by Gasteiger charge is -2.62. The van der Waals surface area contributed by atoms with Gasteiger partial charge in [0.25, 0.3) is 0 Å². The van der Waals surface area contributed by atoms with Gasteiger partial charge in [0.15, 0.2) is 0 Å². The van der Waals surface area contributed by atoms with Crippen LogP contribution in [0, 0.1) is 59.2 Å². The minimum atomic E-state index is -0.346. The van der Waals surface area contributed by atoms with Crippen molar-refractivity contribution in [1.82, 2.24) is 5.32 Å². The van der Waals surface area contributed by atoms with E-state index in [1.165, 1.54) is 7.11 Å². The zero-order valence-corrected chi connectivity index (χ0v) is 21.6. The van der Waals surface area contributed by atoms with Crippen LogP contribution in [-0.2, 0) is 19.1 Å². The first-order valence-corrected chi connectivity index (χ1v) is 13.4. The number of fused-ring (bicyclic) bond motifs is 5. The minimum absolute atomic E-state index is 0.000152. The molecule has 190 valence electrons. The second-order valence-corrected chi connectivity index (χ2v) is 11.7. The van der Waals surface area contributed by atoms with Crippen molar-refractivity contribution in [3.05, 3.63) is 12.8 Å². The van der Waals surface area contributed by atoms with Crippen LogP contribution < -0.4 is 5.32 Å². The summed E-state index contributed by atoms with van der Waals surface area (Å²) in [4.78, 5) is 38.1. The maximum absolute atomic E-state index is 14.0. The number of hydrogen-bond donors (Lipinski definition) is 1. The Morgan fingerprint density at radius 1 is 1.18 bits per heavy atom. The van der Waals surface area contributed by atoms with Crippen molar-refractivity contribution < 1.29 is 23.9 Å². The van der Waals surface area contributed by atoms with Crippen molar-refractivity contribution in [2.45, 2.75) is 85.1 Å². The zero-order chi connectivity index (χ0) is 24.7. The lowest BCUT2D eigenvalue weighted by atomic mass is 9.43. The molecule has 0 bridgehead atoms. The summed E-state index contributed by atoms with van der Waals surface area (Å²) in [6, 6.07) is -0.000152. The molecule has 0 saturated heterocycles. The molecule has 9 atom stereocenters. The number of carbonyl (C=O) groups excluding carboxylic acids is 3. The SMILES string of the molecule is CCOC(=O)NC1C[CH]CC2C[CH]C3C4CCC([C@H](C)CCC(=O)OC)C4(C)C(=O)CC3C21C. The number of esters is 1. The Morgan fingerprint density at radius 2 is 1.94 bits per heavy atom. The predicted octanol–water partition coefficient (Wildman–Crippen LogP) is 5.16. The summed E-state index contributed by atoms with van der Waals surface area (Å²) in [6.07, 6.45) is 11.3. The normalized spacial score (nSPS) is 42.1. The summed E-state index contributed by atoms with van der Waals surface area (Å²) in [5.41, 5.74) is -0.451. The third kappa shape index (κ3) is 4.07. The molecule has 1 amide bonds. The molecule has 4 aliphatic rings. The number of ether oxygens (including phenoxy) is 2. The summed E-state index contributed by atoms with van der Waals surface area (Å²) < 4.78 is 10.1. The fourth-order valence-electron chi connectivity index (χ4n) is 8.58. The van der Waals surface area contributed by atoms with Crippen LogP contribution in [0.1, 0.15) is 79.1 Å². The molecule has 0 aromatic carbocycles. The second-order valence-electron chi connectivity index (χ2n) is 11.7. The van der Waals surface area contributed by atoms with Gasteiger partial charge in [0, 0.05) is 24.3 Å². The molecule has 8 unspecified atom stereocenters. The van der Waals surface area contributed by atoms with Gasteiger partial charge < -0.3 is 14.8 Å². The Hall–Kier alpha value is -1.59. The number of nitrogens with one attached hydrogen (secondary N) is 1. The summed E-state index contributed by atoms with van der Waals surface area (Å²) in [6.45, 7) is 8.93. The molecule has 4 aliphatic carbocycles. The molecule has 6 heteroatoms. The molecule has 0 aromatic rings. The van der Waals surface area contributed by atoms with E-state index in [9.17, 15) is 14.4 Å². The van der Waals surface area contributed by atoms with E-state index in [2.05, 4.69) is 38.9 Å². The van der Waals surface area contributed by atoms with Crippen molar-refractivity contribution in [3.63, 3.8) is 0 Å². The molecule has 0 spiro atoms. The monoisotopic (exact) mass is 473 g/mol. The van der Waals surface area contributed by atoms with Gasteiger partial charge in [-0.25, -0.2) is 4.79 Å². The summed E-state index contributed by atoms with van der Waals surface area (Å²) in [5, 5.41) is 3.18. The standard InChI is InChI=1S/C28H43NO5/c1-6-34-26(32)29-23-9-7-8-18-11-12-19-21-14-13-20(17(2)10-15-25(31)33-5)28(21,4)24(30)16-22(19)27(18,23)3/h7,12,17-23H,6,8-11,13-16H2,1-5H3,(H,29,32)/t17-,18?,19?,20?,21?,22?,23?,27?,28?/m1/s1. The van der Waals surface area contributed by atoms with Crippen LogP contribution in [0.5, 0.6) is 0 Å². The van der Waals surface area contributed by atoms with Crippen LogP contribution in [0.4, 0.5) is 4.79 Å². The highest BCUT2D eigenvalue weighted by Crippen LogP contribution is 2.67. The number of methoxy groups -OCH3 is 1. The number of alkyl carbamates (subject to hydrolysis) is 1. The van der Waals surface area contributed by atoms with Gasteiger partial charge in [0.05, 0.1) is 13.7 Å². The maximum Gasteiger partial charge on any atom is 0.407 e. The van der Waals surface area contributed by atoms with Crippen LogP contribution in [0.2, 0.25) is 0 Å². The molecule has 4 fully saturated rings. The summed E-state index contributed by atoms with van der Waals surface area (Å²) in [5.74, 6) is 2.28. The van der Waals surface area contributed by atoms with E-state index >= 15 is 0 Å². The van der Waals surface area contributed by atoms with Crippen molar-refractivity contribution in [1.29, 1.82) is 0 Å². The van der Waals surface area contributed by atoms with Crippen LogP contribution in [0.3, 0.4) is 0 Å². The van der Waals surface area contributed by atoms with E-state index in [1.807, 2.05) is 6.92 Å². The zero-order valence-electron chi connectivity index (χ0n) is 21.6. The largest absolute Gasteiger partial charge is 0.469 e. The first kappa shape index (κ1) is 25.5. The van der Waals surface area contributed by atoms with Crippen LogP contribution in [0.25, 0.3) is 0 Å². The highest BCUT2D eigenvalue weighted by atomic mass is 16.5. The first-order valence-electron chi connectivity index (χ1n) is 13.4. The highest BCUT2D eigenvalue weighted by Gasteiger charge is 2.65. The van der Waals surface area contributed by atoms with E-state index < -0.39 is 0 Å². The highest BCUT2D eigenvalue weighted by molar-refractivity contribution is 5.87. The van der Waals surface area contributed by atoms with Crippen LogP contribution in [0.15, 0.2) is 0 Å². The molecular formula is C28H43NO5. The number of amides is 1. The quantitative estimate of drug-likeness (QED) is 0.539. The van der Waals surface area contributed by atoms with Gasteiger partial charge in [-0.15, -0.1) is 0 Å². The number of Topliss-reactive ketones (excluding diaryl/α,β-unsaturated/α-hetero) is 1. The minimum Gasteiger partial charge on any atom is -0.469 e. The van der Waals surface area contributed by atoms with E-state index in [4.69, 9.17) is 9.47 Å². The van der Waals surface area contributed by atoms with Gasteiger partial charge >= 0.3 is 12.1 Å². The van der Waals surface area contributed by atoms with E-state index in [-0.39, 0.29) is 34.9 Å². The Morgan fingerprint density at radius 3 is 2.65 bits per heavy atom. The lowest BCUT2D eigenvalue weighted by Crippen LogP contribution is -2.63. The Kier molecular flexibility index (Phi) is 7.36. The molecule has 4 rings (SSSR count). The third-order valence-electron chi connectivity index (χ3n) is 10.5. The van der Waals surface area contributed by atoms with Crippen LogP contribution in [-0.4, -0.2) is 37.6 Å². The van der Waals surface area contributed by atoms with Gasteiger partial charge in [-0.3, -0.25) is 9.59 Å². The topological polar surface area (TPSA) is 81.7 Å². The Labute approximate surface area is 205 Å². The molecule has 2 radical (unpaired) electrons. The molecule has 1 N–H and O–H groups in total. The fourth-order valence-corrected chi connectivity index (χ4v) is 8.58. The second kappa shape index (κ2) is 9.81. The van der Waals surface area contributed by atoms with Crippen molar-refractivity contribution >= 4 is 17.8 Å². The van der Waals surface area contributed by atoms with Gasteiger partial charge in [0.1, 0.15) is 5.78 Å². The van der Waals surface area contributed by atoms with Gasteiger partial charge in [-0.1, -0.05) is 20.8 Å². The van der Waals surface area contributed by atoms with Crippen molar-refractivity contribution in [2.24, 2.45) is 46.3 Å². The fraction of sp³-hybridized carbons (Fsp3) is 0.821. The third-order valence-corrected chi connectivity index (χ3v) is 10.5. The average Bonchev–Trinajstić information content (AvgIpc) is 3.17. The van der Waals surface area contributed by atoms with E-state index in [1.54, 1.807) is 0 Å². The number of hydrogen-bond acceptors (Lipinski definition) is 5. The number of carbonyl (C=O) groups is 3. The van der Waals surface area contributed by atoms with E-state index in [0.29, 0.717) is 54.8 Å². The summed E-state index contributed by atoms with van der Waals surface area (Å²) in [7, 11) is 1.44. The molecule has 0 aliphatic heterocycles. The number of ketones is 1. The Balaban J connectivity index is 1.57. The molecule has 0 aromatic heterocycles. The maximum atomic E-state index is 14.0. The van der Waals surface area contributed by atoms with Gasteiger partial charge in [-0.05, 0) is 99.2 Å². The molecule has 6 nitrogen and oxygen atoms in total. The lowest BCUT2D eigenvalue weighted by molar-refractivity contribution is -0.153. The van der Waals surface area contributed by atoms with Crippen molar-refractivity contribution in [2.75, 3.05) is 13.7 Å². The molecular weight excluding hydrogens is 430 g/mol. The predicted molar refractivity (Wildman–Crippen MR) is 129 cm³/mol. The van der Waals surface area contributed by atoms with E-state index in [0.717, 1.165) is 38.5 Å². The Bertz CT molecular complexity index is 798. The summed E-state index contributed by atoms with van der Waals surface area (Å²) >= 11 is 0. The van der Waals surface area contributed by atoms with Crippen LogP contribution >= 0.6 is 0 Å². The van der Waals surface area contributed by atoms with Gasteiger partial charge in [-0.2, -0.15) is 0 Å². The smallest absolute Gasteiger partial charge is 0.407 e. The molecule has 0 heterocycles. The molecule has 4 saturated carbocycles. The average molecular weight is 474 g/mol. The molecule has 34 heavy (non-hydrogen) atoms. The number of rotatable bonds is 6.